The Bertz CT molecular complexity index is 1790. The SMILES string of the molecule is Cc1nc(-c2cc(-c3cccc(S(C)=O)c3)ccc2-n2cc(C(F)(F)F)nc2C)c(-c2ccc(SC(F)(F)F)cc2)o1. The zero-order valence-electron chi connectivity index (χ0n) is 22.2. The standard InChI is InChI=1S/C29H21F6N3O2S2/c1-16-36-25(28(30,31)32)15-38(16)24-12-9-20(19-5-4-6-22(13-19)42(3)39)14-23(24)26-27(40-17(2)37-26)18-7-10-21(11-8-18)41-29(33,34)35/h4-15H,1-3H3. The molecular formula is C29H21F6N3O2S2. The van der Waals surface area contributed by atoms with E-state index < -0.39 is 28.2 Å². The van der Waals surface area contributed by atoms with Crippen LogP contribution in [-0.2, 0) is 17.0 Å². The van der Waals surface area contributed by atoms with Gasteiger partial charge in [-0.25, -0.2) is 9.97 Å². The monoisotopic (exact) mass is 621 g/mol. The third-order valence-electron chi connectivity index (χ3n) is 6.27. The first kappa shape index (κ1) is 29.6. The number of oxazole rings is 1. The number of aryl methyl sites for hydroxylation is 2. The predicted molar refractivity (Wildman–Crippen MR) is 149 cm³/mol. The second-order valence-corrected chi connectivity index (χ2v) is 11.8. The van der Waals surface area contributed by atoms with Crippen molar-refractivity contribution in [2.24, 2.45) is 0 Å². The Morgan fingerprint density at radius 1 is 0.857 bits per heavy atom. The Morgan fingerprint density at radius 3 is 2.14 bits per heavy atom. The molecule has 218 valence electrons. The van der Waals surface area contributed by atoms with E-state index in [1.165, 1.54) is 35.8 Å². The highest BCUT2D eigenvalue weighted by molar-refractivity contribution is 8.00. The molecule has 0 aliphatic rings. The average Bonchev–Trinajstić information content (AvgIpc) is 3.50. The van der Waals surface area contributed by atoms with Crippen LogP contribution in [0.2, 0.25) is 0 Å². The fraction of sp³-hybridized carbons (Fsp3) is 0.172. The van der Waals surface area contributed by atoms with Crippen molar-refractivity contribution in [3.63, 3.8) is 0 Å². The largest absolute Gasteiger partial charge is 0.446 e. The van der Waals surface area contributed by atoms with E-state index in [9.17, 15) is 30.6 Å². The molecule has 0 radical (unpaired) electrons. The van der Waals surface area contributed by atoms with Crippen molar-refractivity contribution >= 4 is 22.6 Å². The van der Waals surface area contributed by atoms with E-state index in [-0.39, 0.29) is 39.8 Å². The Balaban J connectivity index is 1.71. The van der Waals surface area contributed by atoms with Gasteiger partial charge < -0.3 is 8.98 Å². The number of aromatic nitrogens is 3. The molecule has 1 atom stereocenters. The van der Waals surface area contributed by atoms with Crippen LogP contribution in [0.15, 0.2) is 87.1 Å². The van der Waals surface area contributed by atoms with E-state index in [1.54, 1.807) is 49.6 Å². The summed E-state index contributed by atoms with van der Waals surface area (Å²) < 4.78 is 98.5. The van der Waals surface area contributed by atoms with Gasteiger partial charge in [-0.2, -0.15) is 26.3 Å². The van der Waals surface area contributed by atoms with E-state index in [4.69, 9.17) is 4.42 Å². The summed E-state index contributed by atoms with van der Waals surface area (Å²) in [5.41, 5.74) is -2.72. The molecule has 1 unspecified atom stereocenters. The molecule has 0 spiro atoms. The summed E-state index contributed by atoms with van der Waals surface area (Å²) in [4.78, 5) is 8.80. The lowest BCUT2D eigenvalue weighted by Crippen LogP contribution is -2.05. The third kappa shape index (κ3) is 6.31. The van der Waals surface area contributed by atoms with Gasteiger partial charge in [-0.15, -0.1) is 0 Å². The summed E-state index contributed by atoms with van der Waals surface area (Å²) in [6.07, 6.45) is -2.22. The Morgan fingerprint density at radius 2 is 1.52 bits per heavy atom. The van der Waals surface area contributed by atoms with Crippen LogP contribution < -0.4 is 0 Å². The molecule has 3 aromatic carbocycles. The minimum absolute atomic E-state index is 0.0198. The highest BCUT2D eigenvalue weighted by Crippen LogP contribution is 2.41. The van der Waals surface area contributed by atoms with Crippen molar-refractivity contribution in [2.75, 3.05) is 6.26 Å². The molecule has 0 saturated heterocycles. The number of thioether (sulfide) groups is 1. The normalized spacial score (nSPS) is 13.0. The Hall–Kier alpha value is -3.84. The molecule has 0 aliphatic carbocycles. The van der Waals surface area contributed by atoms with Crippen LogP contribution in [0.3, 0.4) is 0 Å². The number of hydrogen-bond donors (Lipinski definition) is 0. The fourth-order valence-corrected chi connectivity index (χ4v) is 5.54. The number of nitrogens with zero attached hydrogens (tertiary/aromatic N) is 3. The second-order valence-electron chi connectivity index (χ2n) is 9.24. The summed E-state index contributed by atoms with van der Waals surface area (Å²) >= 11 is -0.251. The molecule has 5 nitrogen and oxygen atoms in total. The van der Waals surface area contributed by atoms with Crippen molar-refractivity contribution in [3.05, 3.63) is 90.3 Å². The molecule has 0 amide bonds. The molecule has 5 rings (SSSR count). The fourth-order valence-electron chi connectivity index (χ4n) is 4.44. The molecule has 5 aromatic rings. The van der Waals surface area contributed by atoms with Gasteiger partial charge in [0.25, 0.3) is 0 Å². The number of benzene rings is 3. The molecule has 2 heterocycles. The zero-order chi connectivity index (χ0) is 30.4. The van der Waals surface area contributed by atoms with E-state index in [2.05, 4.69) is 9.97 Å². The first-order chi connectivity index (χ1) is 19.7. The van der Waals surface area contributed by atoms with E-state index in [0.29, 0.717) is 32.8 Å². The van der Waals surface area contributed by atoms with Crippen LogP contribution in [0, 0.1) is 13.8 Å². The zero-order valence-corrected chi connectivity index (χ0v) is 23.8. The molecule has 0 bridgehead atoms. The lowest BCUT2D eigenvalue weighted by molar-refractivity contribution is -0.141. The van der Waals surface area contributed by atoms with Gasteiger partial charge in [0, 0.05) is 51.1 Å². The maximum atomic E-state index is 13.5. The van der Waals surface area contributed by atoms with Gasteiger partial charge in [-0.05, 0) is 66.2 Å². The molecule has 2 aromatic heterocycles. The van der Waals surface area contributed by atoms with Gasteiger partial charge in [0.1, 0.15) is 11.5 Å². The highest BCUT2D eigenvalue weighted by Gasteiger charge is 2.35. The van der Waals surface area contributed by atoms with Crippen LogP contribution in [0.1, 0.15) is 17.4 Å². The second kappa shape index (κ2) is 11.1. The van der Waals surface area contributed by atoms with Crippen molar-refractivity contribution < 1.29 is 35.0 Å². The van der Waals surface area contributed by atoms with Gasteiger partial charge in [0.05, 0.1) is 5.69 Å². The minimum Gasteiger partial charge on any atom is -0.440 e. The van der Waals surface area contributed by atoms with Gasteiger partial charge in [-0.3, -0.25) is 4.21 Å². The Kier molecular flexibility index (Phi) is 7.84. The molecule has 0 N–H and O–H groups in total. The van der Waals surface area contributed by atoms with Gasteiger partial charge in [-0.1, -0.05) is 30.3 Å². The van der Waals surface area contributed by atoms with E-state index >= 15 is 0 Å². The lowest BCUT2D eigenvalue weighted by Gasteiger charge is -2.14. The quantitative estimate of drug-likeness (QED) is 0.140. The first-order valence-corrected chi connectivity index (χ1v) is 14.6. The molecule has 0 fully saturated rings. The first-order valence-electron chi connectivity index (χ1n) is 12.2. The number of alkyl halides is 6. The van der Waals surface area contributed by atoms with Crippen LogP contribution in [0.25, 0.3) is 39.4 Å². The molecule has 0 saturated carbocycles. The van der Waals surface area contributed by atoms with Crippen LogP contribution in [0.4, 0.5) is 26.3 Å². The smallest absolute Gasteiger partial charge is 0.440 e. The van der Waals surface area contributed by atoms with Crippen molar-refractivity contribution in [3.8, 4) is 39.4 Å². The third-order valence-corrected chi connectivity index (χ3v) is 7.92. The maximum Gasteiger partial charge on any atom is 0.446 e. The molecular weight excluding hydrogens is 600 g/mol. The van der Waals surface area contributed by atoms with E-state index in [0.717, 1.165) is 6.20 Å². The maximum absolute atomic E-state index is 13.5. The predicted octanol–water partition coefficient (Wildman–Crippen LogP) is 8.85. The van der Waals surface area contributed by atoms with Crippen molar-refractivity contribution in [2.45, 2.75) is 35.3 Å². The van der Waals surface area contributed by atoms with Crippen molar-refractivity contribution in [1.29, 1.82) is 0 Å². The number of imidazole rings is 1. The average molecular weight is 622 g/mol. The number of halogens is 6. The van der Waals surface area contributed by atoms with Gasteiger partial charge >= 0.3 is 11.7 Å². The van der Waals surface area contributed by atoms with Crippen LogP contribution in [0.5, 0.6) is 0 Å². The number of rotatable bonds is 6. The Labute approximate surface area is 243 Å². The summed E-state index contributed by atoms with van der Waals surface area (Å²) in [5.74, 6) is 0.550. The summed E-state index contributed by atoms with van der Waals surface area (Å²) in [5, 5.41) is 0. The highest BCUT2D eigenvalue weighted by atomic mass is 32.2. The van der Waals surface area contributed by atoms with Gasteiger partial charge in [0.2, 0.25) is 0 Å². The van der Waals surface area contributed by atoms with E-state index in [1.807, 2.05) is 6.07 Å². The molecule has 0 aliphatic heterocycles. The van der Waals surface area contributed by atoms with Crippen LogP contribution >= 0.6 is 11.8 Å². The molecule has 13 heteroatoms. The van der Waals surface area contributed by atoms with Crippen LogP contribution in [-0.4, -0.2) is 30.5 Å². The minimum atomic E-state index is -4.67. The van der Waals surface area contributed by atoms with Gasteiger partial charge in [0.15, 0.2) is 17.3 Å². The summed E-state index contributed by atoms with van der Waals surface area (Å²) in [6, 6.07) is 17.7. The summed E-state index contributed by atoms with van der Waals surface area (Å²) in [6.45, 7) is 3.04. The lowest BCUT2D eigenvalue weighted by atomic mass is 9.98. The molecule has 42 heavy (non-hydrogen) atoms. The van der Waals surface area contributed by atoms with Crippen molar-refractivity contribution in [1.82, 2.24) is 14.5 Å². The number of hydrogen-bond acceptors (Lipinski definition) is 5. The topological polar surface area (TPSA) is 60.9 Å². The summed E-state index contributed by atoms with van der Waals surface area (Å²) in [7, 11) is -1.25.